The third-order valence-electron chi connectivity index (χ3n) is 5.77. The lowest BCUT2D eigenvalue weighted by Gasteiger charge is -2.29. The lowest BCUT2D eigenvalue weighted by atomic mass is 9.94. The number of hydrogen-bond donors (Lipinski definition) is 3. The monoisotopic (exact) mass is 448 g/mol. The predicted molar refractivity (Wildman–Crippen MR) is 129 cm³/mol. The number of carbonyl (C=O) groups excluding carboxylic acids is 2. The molecule has 6 heteroatoms. The summed E-state index contributed by atoms with van der Waals surface area (Å²) >= 11 is 0. The minimum Gasteiger partial charge on any atom is -0.386 e. The highest BCUT2D eigenvalue weighted by atomic mass is 16.3. The van der Waals surface area contributed by atoms with Gasteiger partial charge >= 0.3 is 0 Å². The molecule has 0 aliphatic heterocycles. The van der Waals surface area contributed by atoms with Crippen LogP contribution in [0.4, 0.5) is 0 Å². The van der Waals surface area contributed by atoms with Crippen LogP contribution >= 0.6 is 0 Å². The Labute approximate surface area is 194 Å². The normalized spacial score (nSPS) is 14.3. The van der Waals surface area contributed by atoms with Crippen molar-refractivity contribution >= 4 is 11.8 Å². The molecule has 3 atom stereocenters. The Morgan fingerprint density at radius 1 is 0.879 bits per heavy atom. The van der Waals surface area contributed by atoms with E-state index in [0.29, 0.717) is 23.1 Å². The van der Waals surface area contributed by atoms with Crippen molar-refractivity contribution in [2.75, 3.05) is 0 Å². The van der Waals surface area contributed by atoms with E-state index in [1.165, 1.54) is 0 Å². The molecule has 0 bridgehead atoms. The second kappa shape index (κ2) is 10.6. The van der Waals surface area contributed by atoms with Gasteiger partial charge in [-0.05, 0) is 36.0 Å². The molecular formula is C27H32N2O4. The highest BCUT2D eigenvalue weighted by Gasteiger charge is 2.37. The fraction of sp³-hybridized carbons (Fsp3) is 0.370. The molecule has 0 saturated heterocycles. The molecule has 33 heavy (non-hydrogen) atoms. The Morgan fingerprint density at radius 3 is 2.00 bits per heavy atom. The van der Waals surface area contributed by atoms with Gasteiger partial charge in [-0.25, -0.2) is 0 Å². The van der Waals surface area contributed by atoms with E-state index in [1.54, 1.807) is 24.3 Å². The Balaban J connectivity index is 1.76. The first-order chi connectivity index (χ1) is 15.7. The molecule has 2 amide bonds. The van der Waals surface area contributed by atoms with Crippen LogP contribution in [-0.4, -0.2) is 29.0 Å². The number of aliphatic hydroxyl groups is 1. The maximum Gasteiger partial charge on any atom is 0.251 e. The highest BCUT2D eigenvalue weighted by molar-refractivity contribution is 5.97. The molecule has 0 saturated carbocycles. The Bertz CT molecular complexity index is 1080. The maximum atomic E-state index is 13.2. The van der Waals surface area contributed by atoms with Crippen LogP contribution in [0.25, 0.3) is 11.1 Å². The number of nitrogens with one attached hydrogen (secondary N) is 2. The summed E-state index contributed by atoms with van der Waals surface area (Å²) in [7, 11) is 0. The molecule has 174 valence electrons. The second-order valence-corrected chi connectivity index (χ2v) is 9.23. The molecular weight excluding hydrogens is 416 g/mol. The Kier molecular flexibility index (Phi) is 7.82. The minimum absolute atomic E-state index is 0.133. The van der Waals surface area contributed by atoms with E-state index < -0.39 is 18.2 Å². The van der Waals surface area contributed by atoms with Crippen LogP contribution in [0.3, 0.4) is 0 Å². The minimum atomic E-state index is -1.12. The molecule has 0 aliphatic carbocycles. The largest absolute Gasteiger partial charge is 0.386 e. The summed E-state index contributed by atoms with van der Waals surface area (Å²) in [6, 6.07) is 16.5. The van der Waals surface area contributed by atoms with Crippen LogP contribution in [0.2, 0.25) is 0 Å². The van der Waals surface area contributed by atoms with Crippen LogP contribution in [-0.2, 0) is 4.79 Å². The first-order valence-electron chi connectivity index (χ1n) is 11.4. The molecule has 0 aliphatic rings. The van der Waals surface area contributed by atoms with Crippen LogP contribution < -0.4 is 16.1 Å². The van der Waals surface area contributed by atoms with Gasteiger partial charge in [-0.1, -0.05) is 76.2 Å². The van der Waals surface area contributed by atoms with E-state index in [9.17, 15) is 19.5 Å². The molecule has 0 spiro atoms. The Morgan fingerprint density at radius 2 is 1.45 bits per heavy atom. The molecule has 3 rings (SSSR count). The van der Waals surface area contributed by atoms with Gasteiger partial charge in [0.05, 0.1) is 6.04 Å². The van der Waals surface area contributed by atoms with Gasteiger partial charge in [-0.15, -0.1) is 0 Å². The van der Waals surface area contributed by atoms with E-state index in [4.69, 9.17) is 0 Å². The fourth-order valence-corrected chi connectivity index (χ4v) is 3.95. The zero-order valence-corrected chi connectivity index (χ0v) is 19.5. The molecule has 3 aromatic rings. The van der Waals surface area contributed by atoms with E-state index in [1.807, 2.05) is 64.1 Å². The third kappa shape index (κ3) is 5.96. The lowest BCUT2D eigenvalue weighted by Crippen LogP contribution is -2.52. The maximum absolute atomic E-state index is 13.2. The van der Waals surface area contributed by atoms with Gasteiger partial charge in [0.15, 0.2) is 5.43 Å². The molecule has 0 aromatic heterocycles. The van der Waals surface area contributed by atoms with Crippen molar-refractivity contribution in [3.05, 3.63) is 82.0 Å². The Hall–Kier alpha value is -3.25. The quantitative estimate of drug-likeness (QED) is 0.442. The van der Waals surface area contributed by atoms with Gasteiger partial charge in [0.25, 0.3) is 5.91 Å². The van der Waals surface area contributed by atoms with Crippen molar-refractivity contribution in [3.63, 3.8) is 0 Å². The molecule has 0 radical (unpaired) electrons. The highest BCUT2D eigenvalue weighted by Crippen LogP contribution is 2.33. The van der Waals surface area contributed by atoms with Gasteiger partial charge in [-0.2, -0.15) is 0 Å². The number of hydrogen-bond acceptors (Lipinski definition) is 4. The van der Waals surface area contributed by atoms with Crippen molar-refractivity contribution in [2.24, 2.45) is 11.8 Å². The average molecular weight is 449 g/mol. The first-order valence-corrected chi connectivity index (χ1v) is 11.4. The topological polar surface area (TPSA) is 95.5 Å². The SMILES string of the molecule is CC(C)C[C@H](NC(=O)c1ccccc1)C(=O)N[C@@H](C(C)C)[C@@H](O)c1c(-c2ccccc2)c1=O. The fourth-order valence-electron chi connectivity index (χ4n) is 3.95. The van der Waals surface area contributed by atoms with Crippen molar-refractivity contribution < 1.29 is 14.7 Å². The van der Waals surface area contributed by atoms with Crippen molar-refractivity contribution in [3.8, 4) is 11.1 Å². The molecule has 0 heterocycles. The number of aliphatic hydroxyl groups excluding tert-OH is 1. The number of amides is 2. The third-order valence-corrected chi connectivity index (χ3v) is 5.77. The van der Waals surface area contributed by atoms with Gasteiger partial charge in [0.1, 0.15) is 12.1 Å². The zero-order valence-electron chi connectivity index (χ0n) is 19.5. The summed E-state index contributed by atoms with van der Waals surface area (Å²) < 4.78 is 0. The van der Waals surface area contributed by atoms with Crippen LogP contribution in [0.5, 0.6) is 0 Å². The molecule has 3 aromatic carbocycles. The predicted octanol–water partition coefficient (Wildman–Crippen LogP) is 3.61. The standard InChI is InChI=1S/C27H32N2O4/c1-16(2)15-20(28-26(32)19-13-9-6-10-14-19)27(33)29-23(17(3)4)25(31)22-21(24(22)30)18-11-7-5-8-12-18/h5-14,16-17,20,23,25,31H,15H2,1-4H3,(H,28,32)(H,29,33)/t20-,23-,25-/m0/s1. The molecule has 0 unspecified atom stereocenters. The van der Waals surface area contributed by atoms with Gasteiger partial charge < -0.3 is 15.7 Å². The van der Waals surface area contributed by atoms with Crippen LogP contribution in [0.15, 0.2) is 65.5 Å². The smallest absolute Gasteiger partial charge is 0.251 e. The summed E-state index contributed by atoms with van der Waals surface area (Å²) in [5, 5.41) is 16.7. The summed E-state index contributed by atoms with van der Waals surface area (Å²) in [5.74, 6) is -0.673. The number of benzene rings is 2. The summed E-state index contributed by atoms with van der Waals surface area (Å²) in [6.45, 7) is 7.71. The number of rotatable bonds is 10. The van der Waals surface area contributed by atoms with E-state index in [2.05, 4.69) is 10.6 Å². The molecule has 6 nitrogen and oxygen atoms in total. The van der Waals surface area contributed by atoms with E-state index in [-0.39, 0.29) is 29.1 Å². The second-order valence-electron chi connectivity index (χ2n) is 9.23. The van der Waals surface area contributed by atoms with Gasteiger partial charge in [0.2, 0.25) is 5.91 Å². The zero-order chi connectivity index (χ0) is 24.1. The lowest BCUT2D eigenvalue weighted by molar-refractivity contribution is -0.125. The first kappa shape index (κ1) is 24.4. The average Bonchev–Trinajstić information content (AvgIpc) is 3.47. The van der Waals surface area contributed by atoms with Gasteiger partial charge in [0, 0.05) is 16.7 Å². The molecule has 0 fully saturated rings. The summed E-state index contributed by atoms with van der Waals surface area (Å²) in [6.07, 6.45) is -0.677. The summed E-state index contributed by atoms with van der Waals surface area (Å²) in [4.78, 5) is 38.3. The van der Waals surface area contributed by atoms with E-state index in [0.717, 1.165) is 5.56 Å². The van der Waals surface area contributed by atoms with Gasteiger partial charge in [-0.3, -0.25) is 14.4 Å². The van der Waals surface area contributed by atoms with Crippen molar-refractivity contribution in [2.45, 2.75) is 52.3 Å². The van der Waals surface area contributed by atoms with E-state index >= 15 is 0 Å². The molecule has 3 N–H and O–H groups in total. The van der Waals surface area contributed by atoms with Crippen LogP contribution in [0, 0.1) is 11.8 Å². The van der Waals surface area contributed by atoms with Crippen LogP contribution in [0.1, 0.15) is 56.1 Å². The van der Waals surface area contributed by atoms with Crippen molar-refractivity contribution in [1.82, 2.24) is 10.6 Å². The van der Waals surface area contributed by atoms with Crippen molar-refractivity contribution in [1.29, 1.82) is 0 Å². The number of carbonyl (C=O) groups is 2. The summed E-state index contributed by atoms with van der Waals surface area (Å²) in [5.41, 5.74) is 1.91.